The molecule has 0 radical (unpaired) electrons. The molecule has 0 aliphatic carbocycles. The van der Waals surface area contributed by atoms with Crippen LogP contribution in [0.1, 0.15) is 37.3 Å². The Morgan fingerprint density at radius 3 is 2.57 bits per heavy atom. The summed E-state index contributed by atoms with van der Waals surface area (Å²) >= 11 is 0. The smallest absolute Gasteiger partial charge is 0.246 e. The molecule has 0 aliphatic rings. The van der Waals surface area contributed by atoms with E-state index >= 15 is 0 Å². The zero-order valence-corrected chi connectivity index (χ0v) is 22.6. The van der Waals surface area contributed by atoms with Gasteiger partial charge in [-0.1, -0.05) is 42.5 Å². The molecule has 9 nitrogen and oxygen atoms in total. The number of rotatable bonds is 13. The normalized spacial score (nSPS) is 10.6. The van der Waals surface area contributed by atoms with E-state index in [0.29, 0.717) is 37.7 Å². The Morgan fingerprint density at radius 1 is 1.11 bits per heavy atom. The maximum absolute atomic E-state index is 12.1. The van der Waals surface area contributed by atoms with E-state index in [1.807, 2.05) is 50.2 Å². The van der Waals surface area contributed by atoms with E-state index in [2.05, 4.69) is 44.7 Å². The molecule has 198 valence electrons. The minimum Gasteiger partial charge on any atom is -0.369 e. The highest BCUT2D eigenvalue weighted by molar-refractivity contribution is 5.91. The Labute approximate surface area is 220 Å². The second-order valence-electron chi connectivity index (χ2n) is 8.99. The van der Waals surface area contributed by atoms with Crippen LogP contribution in [0.4, 0.5) is 17.5 Å². The molecule has 0 bridgehead atoms. The predicted molar refractivity (Wildman–Crippen MR) is 150 cm³/mol. The zero-order valence-electron chi connectivity index (χ0n) is 22.6. The maximum atomic E-state index is 12.1. The Kier molecular flexibility index (Phi) is 12.7. The van der Waals surface area contributed by atoms with Crippen LogP contribution in [0.3, 0.4) is 0 Å². The second kappa shape index (κ2) is 16.0. The summed E-state index contributed by atoms with van der Waals surface area (Å²) < 4.78 is 0. The number of unbranched alkanes of at least 4 members (excludes halogenated alkanes) is 1. The molecular weight excluding hydrogens is 466 g/mol. The van der Waals surface area contributed by atoms with Crippen molar-refractivity contribution in [1.29, 1.82) is 0 Å². The fourth-order valence-corrected chi connectivity index (χ4v) is 3.08. The average molecular weight is 506 g/mol. The monoisotopic (exact) mass is 505 g/mol. The lowest BCUT2D eigenvalue weighted by Gasteiger charge is -2.14. The van der Waals surface area contributed by atoms with Crippen LogP contribution in [0.25, 0.3) is 0 Å². The average Bonchev–Trinajstić information content (AvgIpc) is 2.86. The molecule has 1 heterocycles. The summed E-state index contributed by atoms with van der Waals surface area (Å²) in [4.78, 5) is 36.5. The van der Waals surface area contributed by atoms with Crippen molar-refractivity contribution in [3.63, 3.8) is 0 Å². The van der Waals surface area contributed by atoms with Gasteiger partial charge in [-0.05, 0) is 46.0 Å². The predicted octanol–water partition coefficient (Wildman–Crippen LogP) is 3.17. The molecule has 2 rings (SSSR count). The van der Waals surface area contributed by atoms with Gasteiger partial charge in [0.2, 0.25) is 17.8 Å². The number of hydrogen-bond acceptors (Lipinski definition) is 7. The van der Waals surface area contributed by atoms with Crippen molar-refractivity contribution >= 4 is 29.3 Å². The number of benzene rings is 1. The number of anilines is 3. The summed E-state index contributed by atoms with van der Waals surface area (Å²) in [5, 5.41) is 9.38. The molecule has 2 amide bonds. The van der Waals surface area contributed by atoms with E-state index in [-0.39, 0.29) is 18.4 Å². The summed E-state index contributed by atoms with van der Waals surface area (Å²) in [6, 6.07) is 8.04. The van der Waals surface area contributed by atoms with Gasteiger partial charge in [0.15, 0.2) is 0 Å². The van der Waals surface area contributed by atoms with E-state index in [0.717, 1.165) is 24.2 Å². The van der Waals surface area contributed by atoms with Crippen molar-refractivity contribution < 1.29 is 9.59 Å². The van der Waals surface area contributed by atoms with Crippen LogP contribution in [-0.2, 0) is 9.59 Å². The van der Waals surface area contributed by atoms with Crippen LogP contribution in [-0.4, -0.2) is 78.9 Å². The fraction of sp³-hybridized carbons (Fsp3) is 0.429. The molecule has 1 aromatic heterocycles. The van der Waals surface area contributed by atoms with Gasteiger partial charge in [0.05, 0.1) is 18.3 Å². The molecule has 0 saturated carbocycles. The van der Waals surface area contributed by atoms with Gasteiger partial charge >= 0.3 is 0 Å². The third-order valence-electron chi connectivity index (χ3n) is 5.15. The molecule has 0 fully saturated rings. The molecule has 9 heteroatoms. The van der Waals surface area contributed by atoms with E-state index in [4.69, 9.17) is 0 Å². The number of likely N-dealkylation sites (N-methyl/N-ethyl adjacent to an activating group) is 2. The van der Waals surface area contributed by atoms with Crippen LogP contribution in [0, 0.1) is 18.8 Å². The number of carbonyl (C=O) groups is 2. The second-order valence-corrected chi connectivity index (χ2v) is 8.99. The Balaban J connectivity index is 1.82. The van der Waals surface area contributed by atoms with Crippen LogP contribution in [0.5, 0.6) is 0 Å². The molecule has 0 atom stereocenters. The lowest BCUT2D eigenvalue weighted by Crippen LogP contribution is -2.38. The third kappa shape index (κ3) is 11.6. The molecule has 0 saturated heterocycles. The SMILES string of the molecule is CCCNc1nc(Nc2ccc(C)cc2)ncc1C#CCCCNC(=O)CN(C)C(=O)/C=C/CN(C)C. The van der Waals surface area contributed by atoms with Crippen molar-refractivity contribution in [2.75, 3.05) is 58.0 Å². The minimum absolute atomic E-state index is 0.0174. The van der Waals surface area contributed by atoms with Gasteiger partial charge < -0.3 is 25.8 Å². The van der Waals surface area contributed by atoms with Crippen molar-refractivity contribution in [2.45, 2.75) is 33.1 Å². The molecular formula is C28H39N7O2. The number of nitrogens with zero attached hydrogens (tertiary/aromatic N) is 4. The van der Waals surface area contributed by atoms with Crippen molar-refractivity contribution in [3.05, 3.63) is 53.7 Å². The molecule has 0 aliphatic heterocycles. The van der Waals surface area contributed by atoms with Gasteiger partial charge in [-0.25, -0.2) is 4.98 Å². The summed E-state index contributed by atoms with van der Waals surface area (Å²) in [7, 11) is 5.46. The Bertz CT molecular complexity index is 1100. The highest BCUT2D eigenvalue weighted by Gasteiger charge is 2.10. The first-order chi connectivity index (χ1) is 17.8. The summed E-state index contributed by atoms with van der Waals surface area (Å²) in [5.74, 6) is 7.09. The summed E-state index contributed by atoms with van der Waals surface area (Å²) in [6.07, 6.45) is 7.25. The van der Waals surface area contributed by atoms with Gasteiger partial charge in [-0.3, -0.25) is 9.59 Å². The minimum atomic E-state index is -0.197. The van der Waals surface area contributed by atoms with Crippen LogP contribution in [0.2, 0.25) is 0 Å². The summed E-state index contributed by atoms with van der Waals surface area (Å²) in [6.45, 7) is 6.09. The van der Waals surface area contributed by atoms with Gasteiger partial charge in [-0.2, -0.15) is 4.98 Å². The van der Waals surface area contributed by atoms with Crippen molar-refractivity contribution in [3.8, 4) is 11.8 Å². The van der Waals surface area contributed by atoms with Crippen LogP contribution >= 0.6 is 0 Å². The zero-order chi connectivity index (χ0) is 27.0. The fourth-order valence-electron chi connectivity index (χ4n) is 3.08. The Morgan fingerprint density at radius 2 is 1.86 bits per heavy atom. The number of aromatic nitrogens is 2. The first-order valence-electron chi connectivity index (χ1n) is 12.5. The van der Waals surface area contributed by atoms with Gasteiger partial charge in [-0.15, -0.1) is 0 Å². The first-order valence-corrected chi connectivity index (χ1v) is 12.5. The topological polar surface area (TPSA) is 102 Å². The molecule has 2 aromatic rings. The molecule has 0 spiro atoms. The number of amides is 2. The van der Waals surface area contributed by atoms with E-state index < -0.39 is 0 Å². The quantitative estimate of drug-likeness (QED) is 0.218. The lowest BCUT2D eigenvalue weighted by atomic mass is 10.2. The van der Waals surface area contributed by atoms with Gasteiger partial charge in [0.1, 0.15) is 5.82 Å². The maximum Gasteiger partial charge on any atom is 0.246 e. The highest BCUT2D eigenvalue weighted by Crippen LogP contribution is 2.17. The third-order valence-corrected chi connectivity index (χ3v) is 5.15. The van der Waals surface area contributed by atoms with Gasteiger partial charge in [0, 0.05) is 44.9 Å². The first kappa shape index (κ1) is 29.3. The van der Waals surface area contributed by atoms with E-state index in [9.17, 15) is 9.59 Å². The number of carbonyl (C=O) groups excluding carboxylic acids is 2. The number of nitrogens with one attached hydrogen (secondary N) is 3. The largest absolute Gasteiger partial charge is 0.369 e. The standard InChI is InChI=1S/C28H39N7O2/c1-6-17-30-27-23(20-31-28(33-27)32-24-15-13-22(2)14-16-24)11-8-7-9-18-29-25(36)21-35(5)26(37)12-10-19-34(3)4/h10,12-16,20H,6-7,9,17-19,21H2,1-5H3,(H,29,36)(H2,30,31,32,33)/b12-10+. The Hall–Kier alpha value is -3.90. The van der Waals surface area contributed by atoms with E-state index in [1.165, 1.54) is 16.5 Å². The van der Waals surface area contributed by atoms with Crippen molar-refractivity contribution in [2.24, 2.45) is 0 Å². The molecule has 1 aromatic carbocycles. The lowest BCUT2D eigenvalue weighted by molar-refractivity contribution is -0.131. The van der Waals surface area contributed by atoms with Crippen molar-refractivity contribution in [1.82, 2.24) is 25.1 Å². The highest BCUT2D eigenvalue weighted by atomic mass is 16.2. The molecule has 37 heavy (non-hydrogen) atoms. The van der Waals surface area contributed by atoms with Crippen LogP contribution in [0.15, 0.2) is 42.6 Å². The van der Waals surface area contributed by atoms with Gasteiger partial charge in [0.25, 0.3) is 0 Å². The van der Waals surface area contributed by atoms with E-state index in [1.54, 1.807) is 19.3 Å². The molecule has 3 N–H and O–H groups in total. The number of aryl methyl sites for hydroxylation is 1. The summed E-state index contributed by atoms with van der Waals surface area (Å²) in [5.41, 5.74) is 2.84. The number of hydrogen-bond donors (Lipinski definition) is 3. The molecule has 0 unspecified atom stereocenters. The van der Waals surface area contributed by atoms with Crippen LogP contribution < -0.4 is 16.0 Å².